The van der Waals surface area contributed by atoms with Crippen molar-refractivity contribution >= 4 is 5.78 Å². The number of nitrogens with one attached hydrogen (secondary N) is 1. The molecule has 2 aliphatic heterocycles. The van der Waals surface area contributed by atoms with Gasteiger partial charge in [0, 0.05) is 18.0 Å². The highest BCUT2D eigenvalue weighted by atomic mass is 16.1. The molecule has 0 amide bonds. The van der Waals surface area contributed by atoms with E-state index in [0.717, 1.165) is 6.42 Å². The third kappa shape index (κ3) is 0.721. The van der Waals surface area contributed by atoms with Crippen molar-refractivity contribution in [3.63, 3.8) is 0 Å². The molecule has 2 rings (SSSR count). The molecule has 2 heteroatoms. The molecular weight excluding hydrogens is 126 g/mol. The second kappa shape index (κ2) is 1.92. The van der Waals surface area contributed by atoms with Crippen molar-refractivity contribution in [2.75, 3.05) is 0 Å². The van der Waals surface area contributed by atoms with Gasteiger partial charge in [0.15, 0.2) is 0 Å². The summed E-state index contributed by atoms with van der Waals surface area (Å²) in [6, 6.07) is 0.835. The lowest BCUT2D eigenvalue weighted by atomic mass is 9.91. The summed E-state index contributed by atoms with van der Waals surface area (Å²) in [7, 11) is 0. The topological polar surface area (TPSA) is 29.1 Å². The minimum Gasteiger partial charge on any atom is -0.304 e. The van der Waals surface area contributed by atoms with Crippen molar-refractivity contribution < 1.29 is 4.79 Å². The van der Waals surface area contributed by atoms with Crippen LogP contribution in [0.15, 0.2) is 12.2 Å². The summed E-state index contributed by atoms with van der Waals surface area (Å²) < 4.78 is 0. The van der Waals surface area contributed by atoms with Crippen LogP contribution in [0, 0.1) is 5.92 Å². The van der Waals surface area contributed by atoms with Crippen molar-refractivity contribution in [1.82, 2.24) is 5.32 Å². The second-order valence-electron chi connectivity index (χ2n) is 3.14. The Morgan fingerprint density at radius 2 is 2.40 bits per heavy atom. The van der Waals surface area contributed by atoms with Gasteiger partial charge in [0.2, 0.25) is 0 Å². The van der Waals surface area contributed by atoms with Crippen LogP contribution < -0.4 is 5.32 Å². The van der Waals surface area contributed by atoms with Crippen molar-refractivity contribution in [2.24, 2.45) is 5.92 Å². The summed E-state index contributed by atoms with van der Waals surface area (Å²) >= 11 is 0. The molecule has 0 saturated carbocycles. The third-order valence-corrected chi connectivity index (χ3v) is 2.42. The van der Waals surface area contributed by atoms with Crippen LogP contribution in [0.5, 0.6) is 0 Å². The van der Waals surface area contributed by atoms with Gasteiger partial charge in [0.1, 0.15) is 5.78 Å². The fourth-order valence-electron chi connectivity index (χ4n) is 1.85. The van der Waals surface area contributed by atoms with E-state index in [1.54, 1.807) is 6.92 Å². The first-order valence-corrected chi connectivity index (χ1v) is 3.72. The number of carbonyl (C=O) groups is 1. The van der Waals surface area contributed by atoms with Gasteiger partial charge in [0.05, 0.1) is 0 Å². The molecule has 0 spiro atoms. The zero-order valence-electron chi connectivity index (χ0n) is 6.00. The highest BCUT2D eigenvalue weighted by molar-refractivity contribution is 5.80. The van der Waals surface area contributed by atoms with Crippen LogP contribution >= 0.6 is 0 Å². The lowest BCUT2D eigenvalue weighted by Gasteiger charge is -2.11. The van der Waals surface area contributed by atoms with Crippen LogP contribution in [0.2, 0.25) is 0 Å². The summed E-state index contributed by atoms with van der Waals surface area (Å²) in [5.41, 5.74) is 0. The van der Waals surface area contributed by atoms with E-state index in [-0.39, 0.29) is 5.92 Å². The summed E-state index contributed by atoms with van der Waals surface area (Å²) in [5.74, 6) is 0.583. The lowest BCUT2D eigenvalue weighted by Crippen LogP contribution is -2.26. The zero-order chi connectivity index (χ0) is 7.14. The molecule has 0 aromatic heterocycles. The van der Waals surface area contributed by atoms with E-state index in [9.17, 15) is 4.79 Å². The van der Waals surface area contributed by atoms with E-state index in [0.29, 0.717) is 17.9 Å². The van der Waals surface area contributed by atoms with Gasteiger partial charge >= 0.3 is 0 Å². The van der Waals surface area contributed by atoms with Gasteiger partial charge in [-0.25, -0.2) is 0 Å². The molecule has 2 aliphatic rings. The van der Waals surface area contributed by atoms with Gasteiger partial charge in [-0.05, 0) is 13.3 Å². The van der Waals surface area contributed by atoms with E-state index in [2.05, 4.69) is 17.5 Å². The van der Waals surface area contributed by atoms with E-state index in [1.807, 2.05) is 0 Å². The van der Waals surface area contributed by atoms with E-state index < -0.39 is 0 Å². The molecule has 2 bridgehead atoms. The van der Waals surface area contributed by atoms with Crippen LogP contribution in [0.3, 0.4) is 0 Å². The molecule has 54 valence electrons. The van der Waals surface area contributed by atoms with E-state index in [1.165, 1.54) is 0 Å². The Kier molecular flexibility index (Phi) is 1.17. The van der Waals surface area contributed by atoms with Gasteiger partial charge in [-0.3, -0.25) is 4.79 Å². The number of fused-ring (bicyclic) bond motifs is 2. The minimum atomic E-state index is 0.259. The molecule has 10 heavy (non-hydrogen) atoms. The fourth-order valence-corrected chi connectivity index (χ4v) is 1.85. The largest absolute Gasteiger partial charge is 0.304 e. The van der Waals surface area contributed by atoms with Gasteiger partial charge in [-0.1, -0.05) is 12.2 Å². The Morgan fingerprint density at radius 3 is 2.70 bits per heavy atom. The molecule has 0 aromatic carbocycles. The first kappa shape index (κ1) is 6.10. The molecular formula is C8H11NO. The summed E-state index contributed by atoms with van der Waals surface area (Å²) in [6.07, 6.45) is 5.28. The van der Waals surface area contributed by atoms with Crippen LogP contribution in [-0.4, -0.2) is 17.9 Å². The lowest BCUT2D eigenvalue weighted by molar-refractivity contribution is -0.120. The van der Waals surface area contributed by atoms with Crippen molar-refractivity contribution in [3.8, 4) is 0 Å². The van der Waals surface area contributed by atoms with E-state index in [4.69, 9.17) is 0 Å². The number of carbonyl (C=O) groups excluding carboxylic acids is 1. The number of hydrogen-bond acceptors (Lipinski definition) is 2. The zero-order valence-corrected chi connectivity index (χ0v) is 6.00. The maximum absolute atomic E-state index is 11.0. The van der Waals surface area contributed by atoms with Crippen LogP contribution in [0.1, 0.15) is 13.3 Å². The van der Waals surface area contributed by atoms with E-state index >= 15 is 0 Å². The normalized spacial score (nSPS) is 42.7. The molecule has 1 saturated heterocycles. The Morgan fingerprint density at radius 1 is 1.60 bits per heavy atom. The van der Waals surface area contributed by atoms with Crippen molar-refractivity contribution in [2.45, 2.75) is 25.4 Å². The predicted octanol–water partition coefficient (Wildman–Crippen LogP) is 0.492. The Labute approximate surface area is 60.3 Å². The molecule has 0 aromatic rings. The number of hydrogen-bond donors (Lipinski definition) is 1. The summed E-state index contributed by atoms with van der Waals surface area (Å²) in [5, 5.41) is 3.33. The molecule has 0 radical (unpaired) electrons. The van der Waals surface area contributed by atoms with Crippen LogP contribution in [0.25, 0.3) is 0 Å². The summed E-state index contributed by atoms with van der Waals surface area (Å²) in [4.78, 5) is 11.0. The summed E-state index contributed by atoms with van der Waals surface area (Å²) in [6.45, 7) is 1.68. The molecule has 0 unspecified atom stereocenters. The second-order valence-corrected chi connectivity index (χ2v) is 3.14. The van der Waals surface area contributed by atoms with Gasteiger partial charge in [0.25, 0.3) is 0 Å². The van der Waals surface area contributed by atoms with Gasteiger partial charge in [-0.2, -0.15) is 0 Å². The maximum atomic E-state index is 11.0. The maximum Gasteiger partial charge on any atom is 0.134 e. The average molecular weight is 137 g/mol. The number of Topliss-reactive ketones (excluding diaryl/α,β-unsaturated/α-hetero) is 1. The van der Waals surface area contributed by atoms with Gasteiger partial charge < -0.3 is 5.32 Å². The smallest absolute Gasteiger partial charge is 0.134 e. The molecule has 2 nitrogen and oxygen atoms in total. The van der Waals surface area contributed by atoms with Crippen molar-refractivity contribution in [3.05, 3.63) is 12.2 Å². The molecule has 3 atom stereocenters. The Hall–Kier alpha value is -0.630. The molecule has 1 fully saturated rings. The standard InChI is InChI=1S/C8H11NO/c1-5(10)7-4-6-2-3-8(7)9-6/h2-3,6-9H,4H2,1H3/t6-,7-,8+/m1/s1. The monoisotopic (exact) mass is 137 g/mol. The van der Waals surface area contributed by atoms with Crippen molar-refractivity contribution in [1.29, 1.82) is 0 Å². The first-order chi connectivity index (χ1) is 4.77. The molecule has 1 N–H and O–H groups in total. The third-order valence-electron chi connectivity index (χ3n) is 2.42. The predicted molar refractivity (Wildman–Crippen MR) is 38.6 cm³/mol. The van der Waals surface area contributed by atoms with Crippen LogP contribution in [-0.2, 0) is 4.79 Å². The first-order valence-electron chi connectivity index (χ1n) is 3.72. The quantitative estimate of drug-likeness (QED) is 0.533. The Balaban J connectivity index is 2.16. The number of rotatable bonds is 1. The highest BCUT2D eigenvalue weighted by Gasteiger charge is 2.37. The molecule has 0 aliphatic carbocycles. The Bertz CT molecular complexity index is 197. The van der Waals surface area contributed by atoms with Crippen LogP contribution in [0.4, 0.5) is 0 Å². The number of ketones is 1. The SMILES string of the molecule is CC(=O)[C@H]1C[C@H]2C=C[C@@H]1N2. The fraction of sp³-hybridized carbons (Fsp3) is 0.625. The molecule has 2 heterocycles. The van der Waals surface area contributed by atoms with Gasteiger partial charge in [-0.15, -0.1) is 0 Å². The highest BCUT2D eigenvalue weighted by Crippen LogP contribution is 2.27. The average Bonchev–Trinajstić information content (AvgIpc) is 2.44. The minimum absolute atomic E-state index is 0.259.